The second kappa shape index (κ2) is 8.66. The molecule has 5 heteroatoms. The summed E-state index contributed by atoms with van der Waals surface area (Å²) >= 11 is 0. The van der Waals surface area contributed by atoms with E-state index in [2.05, 4.69) is 0 Å². The quantitative estimate of drug-likeness (QED) is 0.409. The zero-order valence-corrected chi connectivity index (χ0v) is 16.9. The monoisotopic (exact) mass is 398 g/mol. The largest absolute Gasteiger partial charge is 0.497 e. The van der Waals surface area contributed by atoms with E-state index in [1.54, 1.807) is 18.7 Å². The molecule has 4 rings (SSSR count). The van der Waals surface area contributed by atoms with Crippen molar-refractivity contribution in [1.82, 2.24) is 9.78 Å². The molecule has 0 aliphatic carbocycles. The first-order chi connectivity index (χ1) is 14.7. The van der Waals surface area contributed by atoms with Crippen molar-refractivity contribution < 1.29 is 14.3 Å². The van der Waals surface area contributed by atoms with Crippen LogP contribution in [0.4, 0.5) is 0 Å². The Labute approximate surface area is 175 Å². The van der Waals surface area contributed by atoms with E-state index >= 15 is 0 Å². The highest BCUT2D eigenvalue weighted by atomic mass is 16.5. The number of hydrogen-bond donors (Lipinski definition) is 0. The number of rotatable bonds is 6. The van der Waals surface area contributed by atoms with Gasteiger partial charge in [0.25, 0.3) is 0 Å². The maximum absolute atomic E-state index is 13.1. The third kappa shape index (κ3) is 3.70. The summed E-state index contributed by atoms with van der Waals surface area (Å²) in [5.74, 6) is 0.348. The molecular formula is C25H22N2O3. The molecule has 0 atom stereocenters. The number of carbonyl (C=O) groups excluding carboxylic acids is 1. The van der Waals surface area contributed by atoms with Crippen LogP contribution in [0.2, 0.25) is 0 Å². The van der Waals surface area contributed by atoms with Crippen LogP contribution in [0, 0.1) is 0 Å². The van der Waals surface area contributed by atoms with Gasteiger partial charge in [-0.15, -0.1) is 0 Å². The minimum Gasteiger partial charge on any atom is -0.497 e. The molecule has 0 amide bonds. The van der Waals surface area contributed by atoms with E-state index in [9.17, 15) is 4.79 Å². The van der Waals surface area contributed by atoms with Crippen molar-refractivity contribution in [3.8, 4) is 33.8 Å². The van der Waals surface area contributed by atoms with E-state index in [1.165, 1.54) is 0 Å². The number of aromatic nitrogens is 2. The number of carbonyl (C=O) groups is 1. The van der Waals surface area contributed by atoms with Crippen molar-refractivity contribution in [2.75, 3.05) is 13.7 Å². The molecular weight excluding hydrogens is 376 g/mol. The van der Waals surface area contributed by atoms with Gasteiger partial charge in [-0.2, -0.15) is 5.10 Å². The Bertz CT molecular complexity index is 1130. The number of para-hydroxylation sites is 1. The number of benzene rings is 3. The molecule has 30 heavy (non-hydrogen) atoms. The molecule has 5 nitrogen and oxygen atoms in total. The predicted octanol–water partition coefficient (Wildman–Crippen LogP) is 5.39. The average molecular weight is 398 g/mol. The Morgan fingerprint density at radius 1 is 0.867 bits per heavy atom. The van der Waals surface area contributed by atoms with Crippen LogP contribution in [-0.4, -0.2) is 29.5 Å². The molecule has 1 aromatic heterocycles. The summed E-state index contributed by atoms with van der Waals surface area (Å²) in [7, 11) is 1.63. The molecule has 3 aromatic carbocycles. The van der Waals surface area contributed by atoms with Crippen molar-refractivity contribution in [3.63, 3.8) is 0 Å². The van der Waals surface area contributed by atoms with Crippen molar-refractivity contribution >= 4 is 5.97 Å². The Hall–Kier alpha value is -3.86. The third-order valence-corrected chi connectivity index (χ3v) is 4.78. The number of nitrogens with zero attached hydrogens (tertiary/aromatic N) is 2. The number of ether oxygens (including phenoxy) is 2. The van der Waals surface area contributed by atoms with Crippen molar-refractivity contribution in [1.29, 1.82) is 0 Å². The predicted molar refractivity (Wildman–Crippen MR) is 117 cm³/mol. The van der Waals surface area contributed by atoms with Crippen molar-refractivity contribution in [2.24, 2.45) is 0 Å². The zero-order chi connectivity index (χ0) is 20.9. The Morgan fingerprint density at radius 3 is 2.10 bits per heavy atom. The summed E-state index contributed by atoms with van der Waals surface area (Å²) in [6.45, 7) is 2.08. The molecule has 150 valence electrons. The molecule has 0 N–H and O–H groups in total. The molecule has 1 heterocycles. The summed E-state index contributed by atoms with van der Waals surface area (Å²) in [6, 6.07) is 27.0. The number of esters is 1. The van der Waals surface area contributed by atoms with Crippen LogP contribution >= 0.6 is 0 Å². The smallest absolute Gasteiger partial charge is 0.357 e. The lowest BCUT2D eigenvalue weighted by atomic mass is 9.98. The highest BCUT2D eigenvalue weighted by molar-refractivity contribution is 6.00. The highest BCUT2D eigenvalue weighted by Crippen LogP contribution is 2.36. The molecule has 4 aromatic rings. The molecule has 0 saturated heterocycles. The molecule has 0 radical (unpaired) electrons. The fourth-order valence-electron chi connectivity index (χ4n) is 3.39. The van der Waals surface area contributed by atoms with Crippen LogP contribution in [0.15, 0.2) is 84.9 Å². The first-order valence-corrected chi connectivity index (χ1v) is 9.78. The second-order valence-electron chi connectivity index (χ2n) is 6.63. The fourth-order valence-corrected chi connectivity index (χ4v) is 3.39. The highest BCUT2D eigenvalue weighted by Gasteiger charge is 2.27. The van der Waals surface area contributed by atoms with Gasteiger partial charge in [0.15, 0.2) is 5.69 Å². The summed E-state index contributed by atoms with van der Waals surface area (Å²) in [5.41, 5.74) is 4.42. The number of methoxy groups -OCH3 is 1. The Kier molecular flexibility index (Phi) is 5.61. The second-order valence-corrected chi connectivity index (χ2v) is 6.63. The summed E-state index contributed by atoms with van der Waals surface area (Å²) in [4.78, 5) is 13.1. The van der Waals surface area contributed by atoms with E-state index in [-0.39, 0.29) is 6.61 Å². The standard InChI is InChI=1S/C25H22N2O3/c1-3-30-25(28)24-22(18-10-6-4-7-11-18)23(19-14-16-21(29-2)17-15-19)26-27(24)20-12-8-5-9-13-20/h4-17H,3H2,1-2H3. The van der Waals surface area contributed by atoms with Gasteiger partial charge in [-0.05, 0) is 48.9 Å². The minimum atomic E-state index is -0.410. The van der Waals surface area contributed by atoms with E-state index in [0.29, 0.717) is 11.4 Å². The van der Waals surface area contributed by atoms with Gasteiger partial charge in [-0.3, -0.25) is 0 Å². The van der Waals surface area contributed by atoms with Crippen LogP contribution in [-0.2, 0) is 4.74 Å². The fraction of sp³-hybridized carbons (Fsp3) is 0.120. The maximum atomic E-state index is 13.1. The molecule has 0 aliphatic rings. The van der Waals surface area contributed by atoms with Crippen LogP contribution in [0.3, 0.4) is 0 Å². The normalized spacial score (nSPS) is 10.6. The van der Waals surface area contributed by atoms with Crippen LogP contribution in [0.5, 0.6) is 5.75 Å². The van der Waals surface area contributed by atoms with E-state index in [1.807, 2.05) is 84.9 Å². The molecule has 0 fully saturated rings. The minimum absolute atomic E-state index is 0.283. The molecule has 0 saturated carbocycles. The van der Waals surface area contributed by atoms with Gasteiger partial charge >= 0.3 is 5.97 Å². The molecule has 0 spiro atoms. The molecule has 0 bridgehead atoms. The van der Waals surface area contributed by atoms with Gasteiger partial charge in [0, 0.05) is 11.1 Å². The Morgan fingerprint density at radius 2 is 1.50 bits per heavy atom. The molecule has 0 aliphatic heterocycles. The van der Waals surface area contributed by atoms with Crippen LogP contribution in [0.1, 0.15) is 17.4 Å². The van der Waals surface area contributed by atoms with Crippen molar-refractivity contribution in [3.05, 3.63) is 90.6 Å². The Balaban J connectivity index is 2.02. The lowest BCUT2D eigenvalue weighted by molar-refractivity contribution is 0.0516. The van der Waals surface area contributed by atoms with Gasteiger partial charge in [0.1, 0.15) is 11.4 Å². The van der Waals surface area contributed by atoms with E-state index in [4.69, 9.17) is 14.6 Å². The lowest BCUT2D eigenvalue weighted by Crippen LogP contribution is -2.13. The average Bonchev–Trinajstić information content (AvgIpc) is 3.21. The summed E-state index contributed by atoms with van der Waals surface area (Å²) < 4.78 is 12.4. The van der Waals surface area contributed by atoms with Gasteiger partial charge in [0.05, 0.1) is 19.4 Å². The van der Waals surface area contributed by atoms with Crippen LogP contribution < -0.4 is 4.74 Å². The third-order valence-electron chi connectivity index (χ3n) is 4.78. The lowest BCUT2D eigenvalue weighted by Gasteiger charge is -2.09. The number of hydrogen-bond acceptors (Lipinski definition) is 4. The van der Waals surface area contributed by atoms with Gasteiger partial charge in [-0.25, -0.2) is 9.48 Å². The van der Waals surface area contributed by atoms with Crippen molar-refractivity contribution in [2.45, 2.75) is 6.92 Å². The van der Waals surface area contributed by atoms with Gasteiger partial charge < -0.3 is 9.47 Å². The topological polar surface area (TPSA) is 53.4 Å². The van der Waals surface area contributed by atoms with E-state index in [0.717, 1.165) is 28.1 Å². The first kappa shape index (κ1) is 19.5. The SMILES string of the molecule is CCOC(=O)c1c(-c2ccccc2)c(-c2ccc(OC)cc2)nn1-c1ccccc1. The maximum Gasteiger partial charge on any atom is 0.357 e. The summed E-state index contributed by atoms with van der Waals surface area (Å²) in [6.07, 6.45) is 0. The molecule has 0 unspecified atom stereocenters. The van der Waals surface area contributed by atoms with Crippen LogP contribution in [0.25, 0.3) is 28.1 Å². The summed E-state index contributed by atoms with van der Waals surface area (Å²) in [5, 5.41) is 4.86. The van der Waals surface area contributed by atoms with Gasteiger partial charge in [-0.1, -0.05) is 48.5 Å². The van der Waals surface area contributed by atoms with E-state index < -0.39 is 5.97 Å². The first-order valence-electron chi connectivity index (χ1n) is 9.78. The zero-order valence-electron chi connectivity index (χ0n) is 16.9. The van der Waals surface area contributed by atoms with Gasteiger partial charge in [0.2, 0.25) is 0 Å².